The summed E-state index contributed by atoms with van der Waals surface area (Å²) >= 11 is 0. The van der Waals surface area contributed by atoms with Crippen LogP contribution in [0.1, 0.15) is 45.6 Å². The number of nitrogens with one attached hydrogen (secondary N) is 4. The van der Waals surface area contributed by atoms with Gasteiger partial charge in [-0.15, -0.1) is 0 Å². The van der Waals surface area contributed by atoms with Gasteiger partial charge in [-0.25, -0.2) is 0 Å². The van der Waals surface area contributed by atoms with Gasteiger partial charge in [0.15, 0.2) is 5.96 Å². The number of aromatic hydroxyl groups is 1. The van der Waals surface area contributed by atoms with Gasteiger partial charge in [-0.3, -0.25) is 29.0 Å². The summed E-state index contributed by atoms with van der Waals surface area (Å²) in [5.74, 6) is -4.93. The number of benzene rings is 1. The van der Waals surface area contributed by atoms with E-state index in [0.29, 0.717) is 18.4 Å². The molecule has 4 amide bonds. The first kappa shape index (κ1) is 36.6. The van der Waals surface area contributed by atoms with Crippen molar-refractivity contribution in [1.82, 2.24) is 21.3 Å². The van der Waals surface area contributed by atoms with Gasteiger partial charge in [-0.2, -0.15) is 0 Å². The summed E-state index contributed by atoms with van der Waals surface area (Å²) in [7, 11) is 0. The Labute approximate surface area is 249 Å². The summed E-state index contributed by atoms with van der Waals surface area (Å²) in [4.78, 5) is 66.8. The van der Waals surface area contributed by atoms with E-state index in [2.05, 4.69) is 26.3 Å². The van der Waals surface area contributed by atoms with Crippen LogP contribution in [0.3, 0.4) is 0 Å². The van der Waals surface area contributed by atoms with Gasteiger partial charge in [0, 0.05) is 13.0 Å². The normalized spacial score (nSPS) is 15.0. The number of nitrogens with zero attached hydrogens (tertiary/aromatic N) is 1. The van der Waals surface area contributed by atoms with E-state index in [4.69, 9.17) is 22.3 Å². The van der Waals surface area contributed by atoms with Crippen molar-refractivity contribution in [3.63, 3.8) is 0 Å². The second kappa shape index (κ2) is 18.2. The van der Waals surface area contributed by atoms with Crippen molar-refractivity contribution in [3.05, 3.63) is 29.8 Å². The molecule has 0 heterocycles. The largest absolute Gasteiger partial charge is 0.508 e. The first-order valence-corrected chi connectivity index (χ1v) is 13.8. The topological polar surface area (TPSA) is 285 Å². The Morgan fingerprint density at radius 3 is 2.05 bits per heavy atom. The van der Waals surface area contributed by atoms with Crippen LogP contribution in [0.2, 0.25) is 0 Å². The predicted molar refractivity (Wildman–Crippen MR) is 157 cm³/mol. The lowest BCUT2D eigenvalue weighted by Gasteiger charge is -2.29. The lowest BCUT2D eigenvalue weighted by Crippen LogP contribution is -2.61. The summed E-state index contributed by atoms with van der Waals surface area (Å²) < 4.78 is 0. The van der Waals surface area contributed by atoms with Crippen molar-refractivity contribution < 1.29 is 39.3 Å². The van der Waals surface area contributed by atoms with Gasteiger partial charge in [0.2, 0.25) is 23.6 Å². The van der Waals surface area contributed by atoms with Gasteiger partial charge in [0.1, 0.15) is 30.4 Å². The number of carbonyl (C=O) groups excluding carboxylic acids is 4. The fourth-order valence-corrected chi connectivity index (χ4v) is 3.88. The molecule has 16 heteroatoms. The van der Waals surface area contributed by atoms with Crippen LogP contribution < -0.4 is 38.5 Å². The number of hydrogen-bond acceptors (Lipinski definition) is 9. The number of rotatable bonds is 18. The maximum absolute atomic E-state index is 13.4. The van der Waals surface area contributed by atoms with Crippen LogP contribution in [0.15, 0.2) is 29.3 Å². The Hall–Kier alpha value is -4.44. The number of amides is 4. The number of aliphatic hydroxyl groups is 1. The zero-order valence-electron chi connectivity index (χ0n) is 24.6. The van der Waals surface area contributed by atoms with Crippen molar-refractivity contribution in [2.24, 2.45) is 28.1 Å². The molecule has 0 fully saturated rings. The molecule has 1 aromatic rings. The minimum Gasteiger partial charge on any atom is -0.508 e. The SMILES string of the molecule is CC[C@H](C)[C@H](NC(=O)[C@@H](NC(=O)[C@H](Cc1ccc(O)cc1)NC(=O)[C@@H](N)CCCN=C(N)N)[C@@H](C)O)C(=O)NCC(=O)O. The molecule has 0 radical (unpaired) electrons. The molecule has 0 spiro atoms. The number of carboxylic acids is 1. The third kappa shape index (κ3) is 13.4. The van der Waals surface area contributed by atoms with E-state index in [1.807, 2.05) is 0 Å². The predicted octanol–water partition coefficient (Wildman–Crippen LogP) is -2.60. The molecule has 0 aliphatic rings. The summed E-state index contributed by atoms with van der Waals surface area (Å²) in [5, 5.41) is 38.6. The Kier molecular flexibility index (Phi) is 15.5. The van der Waals surface area contributed by atoms with Crippen molar-refractivity contribution in [1.29, 1.82) is 0 Å². The van der Waals surface area contributed by atoms with Crippen molar-refractivity contribution in [2.75, 3.05) is 13.1 Å². The fourth-order valence-electron chi connectivity index (χ4n) is 3.88. The van der Waals surface area contributed by atoms with E-state index < -0.39 is 72.3 Å². The number of carbonyl (C=O) groups is 5. The molecule has 0 saturated heterocycles. The molecule has 0 saturated carbocycles. The van der Waals surface area contributed by atoms with Gasteiger partial charge >= 0.3 is 5.97 Å². The highest BCUT2D eigenvalue weighted by Crippen LogP contribution is 2.13. The average molecular weight is 609 g/mol. The molecule has 0 unspecified atom stereocenters. The number of phenols is 1. The average Bonchev–Trinajstić information content (AvgIpc) is 2.95. The molecular weight excluding hydrogens is 564 g/mol. The van der Waals surface area contributed by atoms with Crippen molar-refractivity contribution in [2.45, 2.75) is 76.7 Å². The van der Waals surface area contributed by atoms with Gasteiger partial charge in [0.05, 0.1) is 12.1 Å². The molecule has 0 bridgehead atoms. The van der Waals surface area contributed by atoms with Crippen molar-refractivity contribution >= 4 is 35.6 Å². The van der Waals surface area contributed by atoms with E-state index in [-0.39, 0.29) is 31.1 Å². The number of aliphatic imine (C=N–C) groups is 1. The third-order valence-corrected chi connectivity index (χ3v) is 6.58. The van der Waals surface area contributed by atoms with E-state index >= 15 is 0 Å². The molecule has 240 valence electrons. The molecule has 0 aliphatic carbocycles. The number of aliphatic carboxylic acids is 1. The third-order valence-electron chi connectivity index (χ3n) is 6.58. The monoisotopic (exact) mass is 608 g/mol. The summed E-state index contributed by atoms with van der Waals surface area (Å²) in [5.41, 5.74) is 17.1. The van der Waals surface area contributed by atoms with Crippen LogP contribution >= 0.6 is 0 Å². The Bertz CT molecular complexity index is 1120. The zero-order valence-corrected chi connectivity index (χ0v) is 24.6. The standard InChI is InChI=1S/C27H44N8O8/c1-4-14(2)21(25(42)32-13-20(38)39)34-26(43)22(15(3)36)35-24(41)19(12-16-7-9-17(37)10-8-16)33-23(40)18(28)6-5-11-31-27(29)30/h7-10,14-15,18-19,21-22,36-37H,4-6,11-13,28H2,1-3H3,(H,32,42)(H,33,40)(H,34,43)(H,35,41)(H,38,39)(H4,29,30,31)/t14-,15+,18-,19-,21-,22-/m0/s1. The Morgan fingerprint density at radius 2 is 1.51 bits per heavy atom. The van der Waals surface area contributed by atoms with Crippen LogP contribution in [0.5, 0.6) is 5.75 Å². The van der Waals surface area contributed by atoms with E-state index in [1.54, 1.807) is 26.0 Å². The highest BCUT2D eigenvalue weighted by atomic mass is 16.4. The minimum absolute atomic E-state index is 0.00863. The molecule has 16 nitrogen and oxygen atoms in total. The number of carboxylic acid groups (broad SMARTS) is 1. The fraction of sp³-hybridized carbons (Fsp3) is 0.556. The summed E-state index contributed by atoms with van der Waals surface area (Å²) in [6.07, 6.45) is -0.436. The molecule has 6 atom stereocenters. The van der Waals surface area contributed by atoms with Crippen LogP contribution in [0, 0.1) is 5.92 Å². The second-order valence-electron chi connectivity index (χ2n) is 10.2. The number of aliphatic hydroxyl groups excluding tert-OH is 1. The number of hydrogen-bond donors (Lipinski definition) is 10. The number of phenolic OH excluding ortho intramolecular Hbond substituents is 1. The molecule has 1 rings (SSSR count). The van der Waals surface area contributed by atoms with Gasteiger partial charge < -0.3 is 53.8 Å². The van der Waals surface area contributed by atoms with Crippen LogP contribution in [0.25, 0.3) is 0 Å². The minimum atomic E-state index is -1.54. The number of guanidine groups is 1. The van der Waals surface area contributed by atoms with E-state index in [1.165, 1.54) is 19.1 Å². The highest BCUT2D eigenvalue weighted by molar-refractivity contribution is 5.95. The quantitative estimate of drug-likeness (QED) is 0.0468. The maximum Gasteiger partial charge on any atom is 0.322 e. The zero-order chi connectivity index (χ0) is 32.7. The molecule has 0 aromatic heterocycles. The molecule has 43 heavy (non-hydrogen) atoms. The Balaban J connectivity index is 3.12. The summed E-state index contributed by atoms with van der Waals surface area (Å²) in [6.45, 7) is 4.29. The van der Waals surface area contributed by atoms with Crippen LogP contribution in [0.4, 0.5) is 0 Å². The lowest BCUT2D eigenvalue weighted by atomic mass is 9.97. The Morgan fingerprint density at radius 1 is 0.907 bits per heavy atom. The molecule has 1 aromatic carbocycles. The smallest absolute Gasteiger partial charge is 0.322 e. The summed E-state index contributed by atoms with van der Waals surface area (Å²) in [6, 6.07) is 0.929. The lowest BCUT2D eigenvalue weighted by molar-refractivity contribution is -0.139. The van der Waals surface area contributed by atoms with E-state index in [9.17, 15) is 34.2 Å². The van der Waals surface area contributed by atoms with Crippen LogP contribution in [-0.2, 0) is 30.4 Å². The first-order valence-electron chi connectivity index (χ1n) is 13.8. The maximum atomic E-state index is 13.4. The van der Waals surface area contributed by atoms with Crippen molar-refractivity contribution in [3.8, 4) is 5.75 Å². The van der Waals surface area contributed by atoms with Gasteiger partial charge in [-0.1, -0.05) is 32.4 Å². The number of nitrogens with two attached hydrogens (primary N) is 3. The van der Waals surface area contributed by atoms with E-state index in [0.717, 1.165) is 0 Å². The molecule has 13 N–H and O–H groups in total. The second-order valence-corrected chi connectivity index (χ2v) is 10.2. The van der Waals surface area contributed by atoms with Gasteiger partial charge in [0.25, 0.3) is 0 Å². The molecular formula is C27H44N8O8. The van der Waals surface area contributed by atoms with Crippen LogP contribution in [-0.4, -0.2) is 94.2 Å². The first-order chi connectivity index (χ1) is 20.2. The van der Waals surface area contributed by atoms with Gasteiger partial charge in [-0.05, 0) is 43.4 Å². The highest BCUT2D eigenvalue weighted by Gasteiger charge is 2.34. The molecule has 0 aliphatic heterocycles.